The molecule has 0 aliphatic carbocycles. The number of morpholine rings is 1. The van der Waals surface area contributed by atoms with Crippen molar-refractivity contribution < 1.29 is 9.66 Å². The molecule has 1 fully saturated rings. The van der Waals surface area contributed by atoms with Crippen molar-refractivity contribution in [2.45, 2.75) is 0 Å². The summed E-state index contributed by atoms with van der Waals surface area (Å²) in [5.41, 5.74) is 0.876. The van der Waals surface area contributed by atoms with Crippen LogP contribution in [0.4, 0.5) is 11.5 Å². The molecule has 2 rings (SSSR count). The van der Waals surface area contributed by atoms with Gasteiger partial charge >= 0.3 is 5.82 Å². The molecule has 0 N–H and O–H groups in total. The number of hydrogen-bond donors (Lipinski definition) is 0. The molecule has 7 heteroatoms. The van der Waals surface area contributed by atoms with Crippen molar-refractivity contribution in [1.29, 1.82) is 0 Å². The SMILES string of the molecule is O=[N+]([O-])c1ncc(N2CCOCC2)cc1Br. The minimum Gasteiger partial charge on any atom is -0.378 e. The molecule has 2 heterocycles. The molecule has 1 aromatic rings. The van der Waals surface area contributed by atoms with Gasteiger partial charge in [0.1, 0.15) is 4.47 Å². The van der Waals surface area contributed by atoms with Gasteiger partial charge in [0.05, 0.1) is 18.9 Å². The fraction of sp³-hybridized carbons (Fsp3) is 0.444. The van der Waals surface area contributed by atoms with Crippen LogP contribution in [-0.4, -0.2) is 36.2 Å². The lowest BCUT2D eigenvalue weighted by atomic mass is 10.3. The van der Waals surface area contributed by atoms with Crippen molar-refractivity contribution in [2.75, 3.05) is 31.2 Å². The van der Waals surface area contributed by atoms with Gasteiger partial charge in [0.2, 0.25) is 0 Å². The summed E-state index contributed by atoms with van der Waals surface area (Å²) in [6.45, 7) is 2.92. The summed E-state index contributed by atoms with van der Waals surface area (Å²) >= 11 is 3.15. The van der Waals surface area contributed by atoms with Crippen LogP contribution in [0.5, 0.6) is 0 Å². The standard InChI is InChI=1S/C9H10BrN3O3/c10-8-5-7(6-11-9(8)13(14)15)12-1-3-16-4-2-12/h5-6H,1-4H2. The molecule has 0 bridgehead atoms. The number of ether oxygens (including phenoxy) is 1. The molecular weight excluding hydrogens is 278 g/mol. The average molecular weight is 288 g/mol. The van der Waals surface area contributed by atoms with E-state index in [1.807, 2.05) is 0 Å². The zero-order valence-corrected chi connectivity index (χ0v) is 10.0. The van der Waals surface area contributed by atoms with Crippen molar-refractivity contribution in [3.8, 4) is 0 Å². The highest BCUT2D eigenvalue weighted by Gasteiger charge is 2.18. The molecule has 1 saturated heterocycles. The molecule has 0 spiro atoms. The molecule has 0 amide bonds. The third kappa shape index (κ3) is 2.30. The number of hydrogen-bond acceptors (Lipinski definition) is 5. The Bertz CT molecular complexity index is 407. The maximum Gasteiger partial charge on any atom is 0.377 e. The van der Waals surface area contributed by atoms with Gasteiger partial charge in [-0.1, -0.05) is 0 Å². The van der Waals surface area contributed by atoms with Crippen LogP contribution >= 0.6 is 15.9 Å². The van der Waals surface area contributed by atoms with E-state index in [-0.39, 0.29) is 5.82 Å². The number of anilines is 1. The summed E-state index contributed by atoms with van der Waals surface area (Å²) in [5.74, 6) is -0.156. The Morgan fingerprint density at radius 1 is 1.50 bits per heavy atom. The maximum absolute atomic E-state index is 10.6. The summed E-state index contributed by atoms with van der Waals surface area (Å²) in [7, 11) is 0. The highest BCUT2D eigenvalue weighted by molar-refractivity contribution is 9.10. The molecule has 86 valence electrons. The molecule has 0 atom stereocenters. The lowest BCUT2D eigenvalue weighted by Crippen LogP contribution is -2.36. The molecule has 1 aromatic heterocycles. The van der Waals surface area contributed by atoms with Crippen molar-refractivity contribution in [3.63, 3.8) is 0 Å². The quantitative estimate of drug-likeness (QED) is 0.610. The van der Waals surface area contributed by atoms with E-state index in [0.29, 0.717) is 17.7 Å². The van der Waals surface area contributed by atoms with Crippen molar-refractivity contribution in [2.24, 2.45) is 0 Å². The fourth-order valence-corrected chi connectivity index (χ4v) is 2.03. The second-order valence-electron chi connectivity index (χ2n) is 3.36. The van der Waals surface area contributed by atoms with Gasteiger partial charge in [-0.05, 0) is 31.9 Å². The zero-order chi connectivity index (χ0) is 11.5. The predicted molar refractivity (Wildman–Crippen MR) is 61.6 cm³/mol. The van der Waals surface area contributed by atoms with Crippen LogP contribution in [0, 0.1) is 10.1 Å². The summed E-state index contributed by atoms with van der Waals surface area (Å²) in [4.78, 5) is 16.0. The molecule has 6 nitrogen and oxygen atoms in total. The minimum atomic E-state index is -0.507. The smallest absolute Gasteiger partial charge is 0.377 e. The van der Waals surface area contributed by atoms with E-state index in [2.05, 4.69) is 25.8 Å². The van der Waals surface area contributed by atoms with Gasteiger partial charge in [0.25, 0.3) is 0 Å². The van der Waals surface area contributed by atoms with E-state index in [4.69, 9.17) is 4.74 Å². The number of halogens is 1. The van der Waals surface area contributed by atoms with Gasteiger partial charge in [-0.2, -0.15) is 0 Å². The molecule has 1 aliphatic heterocycles. The van der Waals surface area contributed by atoms with Crippen molar-refractivity contribution in [3.05, 3.63) is 26.9 Å². The Kier molecular flexibility index (Phi) is 3.35. The number of aromatic nitrogens is 1. The van der Waals surface area contributed by atoms with Gasteiger partial charge < -0.3 is 19.8 Å². The third-order valence-corrected chi connectivity index (χ3v) is 2.94. The second-order valence-corrected chi connectivity index (χ2v) is 4.21. The third-order valence-electron chi connectivity index (χ3n) is 2.36. The molecule has 16 heavy (non-hydrogen) atoms. The van der Waals surface area contributed by atoms with E-state index in [9.17, 15) is 10.1 Å². The molecule has 0 saturated carbocycles. The first kappa shape index (κ1) is 11.3. The number of pyridine rings is 1. The molecular formula is C9H10BrN3O3. The van der Waals surface area contributed by atoms with Crippen LogP contribution in [0.2, 0.25) is 0 Å². The molecule has 0 aromatic carbocycles. The Morgan fingerprint density at radius 2 is 2.19 bits per heavy atom. The maximum atomic E-state index is 10.6. The van der Waals surface area contributed by atoms with Crippen LogP contribution in [0.25, 0.3) is 0 Å². The predicted octanol–water partition coefficient (Wildman–Crippen LogP) is 1.59. The van der Waals surface area contributed by atoms with Crippen molar-refractivity contribution in [1.82, 2.24) is 4.98 Å². The topological polar surface area (TPSA) is 68.5 Å². The first-order chi connectivity index (χ1) is 7.68. The van der Waals surface area contributed by atoms with Gasteiger partial charge in [-0.15, -0.1) is 0 Å². The van der Waals surface area contributed by atoms with Gasteiger partial charge in [-0.3, -0.25) is 0 Å². The highest BCUT2D eigenvalue weighted by Crippen LogP contribution is 2.27. The fourth-order valence-electron chi connectivity index (χ4n) is 1.55. The summed E-state index contributed by atoms with van der Waals surface area (Å²) in [6, 6.07) is 1.72. The van der Waals surface area contributed by atoms with E-state index < -0.39 is 4.92 Å². The summed E-state index contributed by atoms with van der Waals surface area (Å²) in [5, 5.41) is 10.6. The average Bonchev–Trinajstić information content (AvgIpc) is 2.29. The number of rotatable bonds is 2. The Morgan fingerprint density at radius 3 is 2.75 bits per heavy atom. The summed E-state index contributed by atoms with van der Waals surface area (Å²) in [6.07, 6.45) is 1.52. The monoisotopic (exact) mass is 287 g/mol. The summed E-state index contributed by atoms with van der Waals surface area (Å²) < 4.78 is 5.64. The number of nitrogens with zero attached hydrogens (tertiary/aromatic N) is 3. The van der Waals surface area contributed by atoms with Crippen molar-refractivity contribution >= 4 is 27.4 Å². The van der Waals surface area contributed by atoms with Crippen LogP contribution in [0.1, 0.15) is 0 Å². The van der Waals surface area contributed by atoms with E-state index in [1.165, 1.54) is 6.20 Å². The number of nitro groups is 1. The van der Waals surface area contributed by atoms with Crippen LogP contribution in [-0.2, 0) is 4.74 Å². The van der Waals surface area contributed by atoms with Crippen LogP contribution < -0.4 is 4.90 Å². The van der Waals surface area contributed by atoms with Gasteiger partial charge in [0.15, 0.2) is 6.20 Å². The lowest BCUT2D eigenvalue weighted by molar-refractivity contribution is -0.390. The van der Waals surface area contributed by atoms with Crippen LogP contribution in [0.3, 0.4) is 0 Å². The largest absolute Gasteiger partial charge is 0.378 e. The van der Waals surface area contributed by atoms with E-state index in [1.54, 1.807) is 6.07 Å². The normalized spacial score (nSPS) is 16.2. The zero-order valence-electron chi connectivity index (χ0n) is 8.43. The Balaban J connectivity index is 2.23. The van der Waals surface area contributed by atoms with E-state index in [0.717, 1.165) is 18.8 Å². The first-order valence-corrected chi connectivity index (χ1v) is 5.60. The van der Waals surface area contributed by atoms with Gasteiger partial charge in [-0.25, -0.2) is 0 Å². The van der Waals surface area contributed by atoms with Crippen LogP contribution in [0.15, 0.2) is 16.7 Å². The molecule has 0 radical (unpaired) electrons. The van der Waals surface area contributed by atoms with Gasteiger partial charge in [0, 0.05) is 13.1 Å². The minimum absolute atomic E-state index is 0.156. The molecule has 0 unspecified atom stereocenters. The first-order valence-electron chi connectivity index (χ1n) is 4.81. The molecule has 1 aliphatic rings. The Labute approximate surface area is 100 Å². The second kappa shape index (κ2) is 4.75. The highest BCUT2D eigenvalue weighted by atomic mass is 79.9. The Hall–Kier alpha value is -1.21. The van der Waals surface area contributed by atoms with E-state index >= 15 is 0 Å². The lowest BCUT2D eigenvalue weighted by Gasteiger charge is -2.27.